The van der Waals surface area contributed by atoms with Crippen molar-refractivity contribution in [2.75, 3.05) is 15.8 Å². The lowest BCUT2D eigenvalue weighted by Crippen LogP contribution is -2.17. The lowest BCUT2D eigenvalue weighted by Gasteiger charge is -2.14. The van der Waals surface area contributed by atoms with Gasteiger partial charge in [-0.05, 0) is 61.4 Å². The van der Waals surface area contributed by atoms with Crippen LogP contribution in [0.15, 0.2) is 76.5 Å². The van der Waals surface area contributed by atoms with Gasteiger partial charge in [0, 0.05) is 16.3 Å². The number of carbonyl (C=O) groups excluding carboxylic acids is 2. The maximum atomic E-state index is 13.0. The van der Waals surface area contributed by atoms with Gasteiger partial charge in [0.15, 0.2) is 0 Å². The van der Waals surface area contributed by atoms with Crippen LogP contribution in [0.3, 0.4) is 0 Å². The molecule has 0 spiro atoms. The van der Waals surface area contributed by atoms with Crippen LogP contribution in [0.2, 0.25) is 0 Å². The number of nitrogens with two attached hydrogens (primary N) is 1. The summed E-state index contributed by atoms with van der Waals surface area (Å²) in [6.45, 7) is 3.56. The van der Waals surface area contributed by atoms with Gasteiger partial charge in [0.2, 0.25) is 5.91 Å². The molecule has 0 radical (unpaired) electrons. The van der Waals surface area contributed by atoms with Crippen molar-refractivity contribution in [3.8, 4) is 0 Å². The highest BCUT2D eigenvalue weighted by molar-refractivity contribution is 8.00. The fraction of sp³-hybridized carbons (Fsp3) is 0.130. The molecule has 7 nitrogen and oxygen atoms in total. The van der Waals surface area contributed by atoms with Crippen LogP contribution in [0, 0.1) is 13.8 Å². The van der Waals surface area contributed by atoms with Gasteiger partial charge in [0.25, 0.3) is 15.9 Å². The zero-order valence-electron chi connectivity index (χ0n) is 17.6. The van der Waals surface area contributed by atoms with Crippen LogP contribution < -0.4 is 15.8 Å². The Kier molecular flexibility index (Phi) is 7.22. The molecule has 0 aliphatic heterocycles. The number of sulfonamides is 1. The van der Waals surface area contributed by atoms with E-state index in [-0.39, 0.29) is 10.6 Å². The smallest absolute Gasteiger partial charge is 0.262 e. The Morgan fingerprint density at radius 2 is 1.69 bits per heavy atom. The number of hydrogen-bond acceptors (Lipinski definition) is 5. The van der Waals surface area contributed by atoms with Crippen molar-refractivity contribution in [2.45, 2.75) is 23.6 Å². The van der Waals surface area contributed by atoms with Crippen molar-refractivity contribution in [1.82, 2.24) is 0 Å². The second kappa shape index (κ2) is 9.88. The summed E-state index contributed by atoms with van der Waals surface area (Å²) < 4.78 is 28.5. The fourth-order valence-electron chi connectivity index (χ4n) is 3.01. The van der Waals surface area contributed by atoms with Crippen molar-refractivity contribution in [2.24, 2.45) is 5.73 Å². The summed E-state index contributed by atoms with van der Waals surface area (Å²) in [6, 6.07) is 18.6. The van der Waals surface area contributed by atoms with Crippen LogP contribution in [0.4, 0.5) is 11.4 Å². The molecule has 3 aromatic rings. The molecule has 0 atom stereocenters. The summed E-state index contributed by atoms with van der Waals surface area (Å²) in [5.41, 5.74) is 7.82. The third-order valence-corrected chi connectivity index (χ3v) is 7.13. The Morgan fingerprint density at radius 3 is 2.41 bits per heavy atom. The molecule has 0 aromatic heterocycles. The lowest BCUT2D eigenvalue weighted by atomic mass is 10.2. The number of benzene rings is 3. The first kappa shape index (κ1) is 23.4. The van der Waals surface area contributed by atoms with Crippen molar-refractivity contribution in [3.05, 3.63) is 83.4 Å². The minimum absolute atomic E-state index is 0.0435. The third-order valence-electron chi connectivity index (χ3n) is 4.51. The second-order valence-electron chi connectivity index (χ2n) is 7.16. The van der Waals surface area contributed by atoms with Crippen molar-refractivity contribution in [3.63, 3.8) is 0 Å². The molecule has 0 fully saturated rings. The van der Waals surface area contributed by atoms with E-state index in [9.17, 15) is 18.0 Å². The first-order valence-electron chi connectivity index (χ1n) is 9.67. The van der Waals surface area contributed by atoms with Gasteiger partial charge in [0.05, 0.1) is 16.2 Å². The Morgan fingerprint density at radius 1 is 0.938 bits per heavy atom. The highest BCUT2D eigenvalue weighted by atomic mass is 32.2. The number of rotatable bonds is 8. The molecule has 0 unspecified atom stereocenters. The van der Waals surface area contributed by atoms with Gasteiger partial charge in [-0.3, -0.25) is 14.3 Å². The standard InChI is InChI=1S/C23H23N3O4S2/c1-15-6-5-7-18(12-15)26-32(29,30)21-13-17(11-10-16(21)2)25-23(28)19-8-3-4-9-20(19)31-14-22(24)27/h3-13,26H,14H2,1-2H3,(H2,24,27)(H,25,28). The lowest BCUT2D eigenvalue weighted by molar-refractivity contribution is -0.115. The van der Waals surface area contributed by atoms with Crippen molar-refractivity contribution in [1.29, 1.82) is 0 Å². The van der Waals surface area contributed by atoms with Crippen LogP contribution in [0.1, 0.15) is 21.5 Å². The van der Waals surface area contributed by atoms with E-state index >= 15 is 0 Å². The largest absolute Gasteiger partial charge is 0.369 e. The van der Waals surface area contributed by atoms with E-state index in [1.165, 1.54) is 6.07 Å². The maximum absolute atomic E-state index is 13.0. The van der Waals surface area contributed by atoms with Gasteiger partial charge in [-0.2, -0.15) is 0 Å². The predicted octanol–water partition coefficient (Wildman–Crippen LogP) is 3.93. The molecule has 0 aliphatic carbocycles. The highest BCUT2D eigenvalue weighted by Crippen LogP contribution is 2.26. The molecule has 3 aromatic carbocycles. The number of aryl methyl sites for hydroxylation is 2. The van der Waals surface area contributed by atoms with Crippen molar-refractivity contribution < 1.29 is 18.0 Å². The third kappa shape index (κ3) is 5.89. The van der Waals surface area contributed by atoms with E-state index in [1.54, 1.807) is 61.5 Å². The number of thioether (sulfide) groups is 1. The minimum atomic E-state index is -3.87. The van der Waals surface area contributed by atoms with E-state index in [2.05, 4.69) is 10.0 Å². The van der Waals surface area contributed by atoms with Gasteiger partial charge in [0.1, 0.15) is 0 Å². The van der Waals surface area contributed by atoms with Crippen LogP contribution in [0.25, 0.3) is 0 Å². The summed E-state index contributed by atoms with van der Waals surface area (Å²) >= 11 is 1.16. The Labute approximate surface area is 191 Å². The molecular weight excluding hydrogens is 446 g/mol. The van der Waals surface area contributed by atoms with Crippen LogP contribution in [-0.2, 0) is 14.8 Å². The first-order chi connectivity index (χ1) is 15.2. The minimum Gasteiger partial charge on any atom is -0.369 e. The average Bonchev–Trinajstić information content (AvgIpc) is 2.73. The molecule has 9 heteroatoms. The monoisotopic (exact) mass is 469 g/mol. The zero-order valence-corrected chi connectivity index (χ0v) is 19.2. The van der Waals surface area contributed by atoms with Crippen LogP contribution >= 0.6 is 11.8 Å². The summed E-state index contributed by atoms with van der Waals surface area (Å²) in [5.74, 6) is -0.863. The molecule has 0 saturated carbocycles. The number of carbonyl (C=O) groups is 2. The van der Waals surface area contributed by atoms with E-state index in [0.29, 0.717) is 27.4 Å². The molecule has 0 saturated heterocycles. The molecule has 0 heterocycles. The molecule has 32 heavy (non-hydrogen) atoms. The quantitative estimate of drug-likeness (QED) is 0.432. The van der Waals surface area contributed by atoms with Gasteiger partial charge < -0.3 is 11.1 Å². The summed E-state index contributed by atoms with van der Waals surface area (Å²) in [7, 11) is -3.87. The number of anilines is 2. The normalized spacial score (nSPS) is 11.1. The Bertz CT molecular complexity index is 1270. The van der Waals surface area contributed by atoms with E-state index < -0.39 is 21.8 Å². The number of primary amides is 1. The van der Waals surface area contributed by atoms with E-state index in [0.717, 1.165) is 17.3 Å². The molecule has 0 aliphatic rings. The van der Waals surface area contributed by atoms with Crippen LogP contribution in [0.5, 0.6) is 0 Å². The summed E-state index contributed by atoms with van der Waals surface area (Å²) in [6.07, 6.45) is 0. The summed E-state index contributed by atoms with van der Waals surface area (Å²) in [5, 5.41) is 2.74. The average molecular weight is 470 g/mol. The molecule has 166 valence electrons. The predicted molar refractivity (Wildman–Crippen MR) is 127 cm³/mol. The van der Waals surface area contributed by atoms with Gasteiger partial charge in [-0.15, -0.1) is 11.8 Å². The van der Waals surface area contributed by atoms with E-state index in [1.807, 2.05) is 13.0 Å². The molecular formula is C23H23N3O4S2. The van der Waals surface area contributed by atoms with Gasteiger partial charge in [-0.1, -0.05) is 30.3 Å². The molecule has 2 amide bonds. The summed E-state index contributed by atoms with van der Waals surface area (Å²) in [4.78, 5) is 24.6. The van der Waals surface area contributed by atoms with E-state index in [4.69, 9.17) is 5.73 Å². The number of amides is 2. The SMILES string of the molecule is Cc1cccc(NS(=O)(=O)c2cc(NC(=O)c3ccccc3SCC(N)=O)ccc2C)c1. The second-order valence-corrected chi connectivity index (χ2v) is 9.83. The highest BCUT2D eigenvalue weighted by Gasteiger charge is 2.19. The molecule has 0 bridgehead atoms. The Balaban J connectivity index is 1.85. The van der Waals surface area contributed by atoms with Crippen LogP contribution in [-0.4, -0.2) is 26.0 Å². The number of hydrogen-bond donors (Lipinski definition) is 3. The number of nitrogens with one attached hydrogen (secondary N) is 2. The molecule has 3 rings (SSSR count). The first-order valence-corrected chi connectivity index (χ1v) is 12.1. The van der Waals surface area contributed by atoms with Gasteiger partial charge >= 0.3 is 0 Å². The molecule has 4 N–H and O–H groups in total. The maximum Gasteiger partial charge on any atom is 0.262 e. The Hall–Kier alpha value is -3.30. The fourth-order valence-corrected chi connectivity index (χ4v) is 5.12. The zero-order chi connectivity index (χ0) is 23.3. The van der Waals surface area contributed by atoms with Crippen molar-refractivity contribution >= 4 is 45.0 Å². The topological polar surface area (TPSA) is 118 Å². The van der Waals surface area contributed by atoms with Gasteiger partial charge in [-0.25, -0.2) is 8.42 Å².